The largest absolute Gasteiger partial charge is 0.320 e. The van der Waals surface area contributed by atoms with Gasteiger partial charge in [-0.3, -0.25) is 9.78 Å². The summed E-state index contributed by atoms with van der Waals surface area (Å²) in [6.07, 6.45) is 2.95. The highest BCUT2D eigenvalue weighted by Gasteiger charge is 2.11. The summed E-state index contributed by atoms with van der Waals surface area (Å²) < 4.78 is 0.722. The van der Waals surface area contributed by atoms with Crippen molar-refractivity contribution in [3.63, 3.8) is 0 Å². The second-order valence-corrected chi connectivity index (χ2v) is 4.80. The summed E-state index contributed by atoms with van der Waals surface area (Å²) >= 11 is 9.17. The Labute approximate surface area is 118 Å². The molecule has 2 heterocycles. The molecule has 0 unspecified atom stereocenters. The van der Waals surface area contributed by atoms with Crippen molar-refractivity contribution < 1.29 is 4.79 Å². The number of amides is 1. The number of nitrogens with zero attached hydrogens (tertiary/aromatic N) is 2. The van der Waals surface area contributed by atoms with Crippen LogP contribution in [0.4, 0.5) is 5.69 Å². The van der Waals surface area contributed by atoms with Gasteiger partial charge in [-0.05, 0) is 41.1 Å². The molecule has 0 fully saturated rings. The van der Waals surface area contributed by atoms with Crippen LogP contribution in [0.5, 0.6) is 0 Å². The number of carbonyl (C=O) groups is 1. The van der Waals surface area contributed by atoms with Gasteiger partial charge in [0.2, 0.25) is 0 Å². The lowest BCUT2D eigenvalue weighted by Gasteiger charge is -2.08. The zero-order valence-electron chi connectivity index (χ0n) is 9.45. The van der Waals surface area contributed by atoms with E-state index in [4.69, 9.17) is 11.6 Å². The number of aromatic nitrogens is 2. The zero-order valence-corrected chi connectivity index (χ0v) is 11.8. The highest BCUT2D eigenvalue weighted by molar-refractivity contribution is 9.10. The van der Waals surface area contributed by atoms with Gasteiger partial charge in [-0.25, -0.2) is 4.98 Å². The van der Waals surface area contributed by atoms with Crippen molar-refractivity contribution >= 4 is 39.1 Å². The molecule has 2 aromatic heterocycles. The van der Waals surface area contributed by atoms with E-state index in [0.29, 0.717) is 16.3 Å². The Morgan fingerprint density at radius 3 is 2.83 bits per heavy atom. The molecule has 1 N–H and O–H groups in total. The van der Waals surface area contributed by atoms with E-state index in [-0.39, 0.29) is 5.91 Å². The van der Waals surface area contributed by atoms with E-state index in [1.165, 1.54) is 12.4 Å². The summed E-state index contributed by atoms with van der Waals surface area (Å²) in [5.41, 5.74) is 1.76. The van der Waals surface area contributed by atoms with Crippen molar-refractivity contribution in [1.29, 1.82) is 0 Å². The molecule has 6 heteroatoms. The van der Waals surface area contributed by atoms with Gasteiger partial charge in [0.15, 0.2) is 0 Å². The van der Waals surface area contributed by atoms with Gasteiger partial charge >= 0.3 is 0 Å². The second-order valence-electron chi connectivity index (χ2n) is 3.58. The maximum Gasteiger partial charge on any atom is 0.257 e. The number of pyridine rings is 2. The highest BCUT2D eigenvalue weighted by Crippen LogP contribution is 2.19. The highest BCUT2D eigenvalue weighted by atomic mass is 79.9. The quantitative estimate of drug-likeness (QED) is 0.860. The molecule has 4 nitrogen and oxygen atoms in total. The fourth-order valence-electron chi connectivity index (χ4n) is 1.41. The summed E-state index contributed by atoms with van der Waals surface area (Å²) in [5, 5.41) is 3.08. The number of aryl methyl sites for hydroxylation is 1. The van der Waals surface area contributed by atoms with Crippen LogP contribution in [-0.2, 0) is 0 Å². The average Bonchev–Trinajstić information content (AvgIpc) is 2.33. The molecule has 0 aliphatic carbocycles. The normalized spacial score (nSPS) is 10.2. The lowest BCUT2D eigenvalue weighted by Crippen LogP contribution is -2.13. The molecule has 18 heavy (non-hydrogen) atoms. The van der Waals surface area contributed by atoms with Gasteiger partial charge in [-0.1, -0.05) is 11.6 Å². The lowest BCUT2D eigenvalue weighted by atomic mass is 10.2. The molecular formula is C12H9BrClN3O. The number of halogens is 2. The molecular weight excluding hydrogens is 318 g/mol. The summed E-state index contributed by atoms with van der Waals surface area (Å²) in [6.45, 7) is 1.81. The van der Waals surface area contributed by atoms with Crippen LogP contribution < -0.4 is 5.32 Å². The van der Waals surface area contributed by atoms with Gasteiger partial charge in [0, 0.05) is 12.4 Å². The molecule has 2 aromatic rings. The first-order valence-corrected chi connectivity index (χ1v) is 6.29. The minimum atomic E-state index is -0.283. The predicted molar refractivity (Wildman–Crippen MR) is 73.9 cm³/mol. The van der Waals surface area contributed by atoms with Crippen molar-refractivity contribution in [2.24, 2.45) is 0 Å². The standard InChI is InChI=1S/C12H9BrClN3O/c1-7-10(2-3-11(13)16-7)17-12(18)8-4-5-15-6-9(8)14/h2-6H,1H3,(H,17,18). The van der Waals surface area contributed by atoms with Crippen molar-refractivity contribution in [3.05, 3.63) is 51.5 Å². The Balaban J connectivity index is 2.24. The SMILES string of the molecule is Cc1nc(Br)ccc1NC(=O)c1ccncc1Cl. The third kappa shape index (κ3) is 2.86. The first-order valence-electron chi connectivity index (χ1n) is 5.12. The minimum Gasteiger partial charge on any atom is -0.320 e. The molecule has 0 aromatic carbocycles. The number of carbonyl (C=O) groups excluding carboxylic acids is 1. The minimum absolute atomic E-state index is 0.283. The van der Waals surface area contributed by atoms with Gasteiger partial charge in [0.05, 0.1) is 22.0 Å². The van der Waals surface area contributed by atoms with Crippen molar-refractivity contribution in [3.8, 4) is 0 Å². The molecule has 0 saturated heterocycles. The van der Waals surface area contributed by atoms with Crippen LogP contribution in [0.15, 0.2) is 35.2 Å². The topological polar surface area (TPSA) is 54.9 Å². The van der Waals surface area contributed by atoms with Crippen molar-refractivity contribution in [1.82, 2.24) is 9.97 Å². The molecule has 0 aliphatic heterocycles. The van der Waals surface area contributed by atoms with Crippen LogP contribution in [0.2, 0.25) is 5.02 Å². The molecule has 0 saturated carbocycles. The smallest absolute Gasteiger partial charge is 0.257 e. The molecule has 92 valence electrons. The first kappa shape index (κ1) is 13.0. The lowest BCUT2D eigenvalue weighted by molar-refractivity contribution is 0.102. The van der Waals surface area contributed by atoms with Crippen LogP contribution in [-0.4, -0.2) is 15.9 Å². The average molecular weight is 327 g/mol. The Bertz CT molecular complexity index is 604. The number of anilines is 1. The Hall–Kier alpha value is -1.46. The number of hydrogen-bond acceptors (Lipinski definition) is 3. The van der Waals surface area contributed by atoms with E-state index in [1.54, 1.807) is 18.2 Å². The van der Waals surface area contributed by atoms with Crippen LogP contribution in [0.3, 0.4) is 0 Å². The van der Waals surface area contributed by atoms with E-state index in [9.17, 15) is 4.79 Å². The Morgan fingerprint density at radius 2 is 2.17 bits per heavy atom. The summed E-state index contributed by atoms with van der Waals surface area (Å²) in [4.78, 5) is 20.0. The van der Waals surface area contributed by atoms with Crippen LogP contribution in [0.1, 0.15) is 16.1 Å². The Kier molecular flexibility index (Phi) is 3.93. The summed E-state index contributed by atoms with van der Waals surface area (Å²) in [7, 11) is 0. The van der Waals surface area contributed by atoms with E-state index in [1.807, 2.05) is 6.92 Å². The first-order chi connectivity index (χ1) is 8.58. The Morgan fingerprint density at radius 1 is 1.39 bits per heavy atom. The monoisotopic (exact) mass is 325 g/mol. The van der Waals surface area contributed by atoms with Crippen molar-refractivity contribution in [2.45, 2.75) is 6.92 Å². The van der Waals surface area contributed by atoms with Crippen LogP contribution >= 0.6 is 27.5 Å². The van der Waals surface area contributed by atoms with E-state index >= 15 is 0 Å². The summed E-state index contributed by atoms with van der Waals surface area (Å²) in [5.74, 6) is -0.283. The fourth-order valence-corrected chi connectivity index (χ4v) is 2.01. The van der Waals surface area contributed by atoms with Gasteiger partial charge in [-0.15, -0.1) is 0 Å². The molecule has 0 atom stereocenters. The second kappa shape index (κ2) is 5.46. The van der Waals surface area contributed by atoms with Gasteiger partial charge in [0.1, 0.15) is 4.60 Å². The predicted octanol–water partition coefficient (Wildman–Crippen LogP) is 3.45. The van der Waals surface area contributed by atoms with Crippen LogP contribution in [0, 0.1) is 6.92 Å². The molecule has 0 spiro atoms. The maximum atomic E-state index is 12.0. The molecule has 0 radical (unpaired) electrons. The van der Waals surface area contributed by atoms with Gasteiger partial charge < -0.3 is 5.32 Å². The van der Waals surface area contributed by atoms with E-state index in [0.717, 1.165) is 10.3 Å². The third-order valence-electron chi connectivity index (χ3n) is 2.32. The maximum absolute atomic E-state index is 12.0. The van der Waals surface area contributed by atoms with Crippen molar-refractivity contribution in [2.75, 3.05) is 5.32 Å². The number of hydrogen-bond donors (Lipinski definition) is 1. The van der Waals surface area contributed by atoms with Gasteiger partial charge in [0.25, 0.3) is 5.91 Å². The number of nitrogens with one attached hydrogen (secondary N) is 1. The van der Waals surface area contributed by atoms with E-state index < -0.39 is 0 Å². The van der Waals surface area contributed by atoms with E-state index in [2.05, 4.69) is 31.2 Å². The summed E-state index contributed by atoms with van der Waals surface area (Å²) in [6, 6.07) is 5.11. The molecule has 2 rings (SSSR count). The van der Waals surface area contributed by atoms with Crippen LogP contribution in [0.25, 0.3) is 0 Å². The number of rotatable bonds is 2. The zero-order chi connectivity index (χ0) is 13.1. The van der Waals surface area contributed by atoms with Gasteiger partial charge in [-0.2, -0.15) is 0 Å². The third-order valence-corrected chi connectivity index (χ3v) is 3.06. The molecule has 0 aliphatic rings. The molecule has 0 bridgehead atoms. The fraction of sp³-hybridized carbons (Fsp3) is 0.0833. The molecule has 1 amide bonds.